The van der Waals surface area contributed by atoms with Gasteiger partial charge in [0.1, 0.15) is 36.8 Å². The first-order valence-corrected chi connectivity index (χ1v) is 21.8. The Morgan fingerprint density at radius 2 is 1.17 bits per heavy atom. The number of hydrogen-bond acceptors (Lipinski definition) is 11. The molecule has 1 aliphatic rings. The zero-order valence-corrected chi connectivity index (χ0v) is 33.6. The number of carbonyl (C=O) groups is 2. The average Bonchev–Trinajstić information content (AvgIpc) is 3.13. The van der Waals surface area contributed by atoms with Gasteiger partial charge in [0.2, 0.25) is 0 Å². The lowest BCUT2D eigenvalue weighted by Gasteiger charge is -2.40. The van der Waals surface area contributed by atoms with Gasteiger partial charge < -0.3 is 34.3 Å². The van der Waals surface area contributed by atoms with Crippen molar-refractivity contribution in [3.63, 3.8) is 0 Å². The molecule has 13 heteroatoms. The molecule has 6 unspecified atom stereocenters. The second-order valence-corrected chi connectivity index (χ2v) is 15.4. The van der Waals surface area contributed by atoms with E-state index in [4.69, 9.17) is 18.9 Å². The summed E-state index contributed by atoms with van der Waals surface area (Å²) in [5.74, 6) is -2.04. The summed E-state index contributed by atoms with van der Waals surface area (Å²) in [4.78, 5) is 25.2. The van der Waals surface area contributed by atoms with Crippen LogP contribution in [0.5, 0.6) is 0 Å². The summed E-state index contributed by atoms with van der Waals surface area (Å²) >= 11 is 0. The molecule has 0 aromatic rings. The fourth-order valence-corrected chi connectivity index (χ4v) is 6.47. The van der Waals surface area contributed by atoms with Gasteiger partial charge in [-0.1, -0.05) is 127 Å². The molecule has 0 bridgehead atoms. The summed E-state index contributed by atoms with van der Waals surface area (Å²) in [5.41, 5.74) is 0. The quantitative estimate of drug-likeness (QED) is 0.0233. The van der Waals surface area contributed by atoms with Crippen LogP contribution in [0.15, 0.2) is 48.6 Å². The summed E-state index contributed by atoms with van der Waals surface area (Å²) in [7, 11) is -4.60. The Morgan fingerprint density at radius 1 is 0.648 bits per heavy atom. The van der Waals surface area contributed by atoms with E-state index in [-0.39, 0.29) is 19.4 Å². The Kier molecular flexibility index (Phi) is 29.2. The van der Waals surface area contributed by atoms with Gasteiger partial charge in [-0.2, -0.15) is 8.42 Å². The number of allylic oxidation sites excluding steroid dienone is 8. The molecule has 1 fully saturated rings. The summed E-state index contributed by atoms with van der Waals surface area (Å²) in [6, 6.07) is 0. The van der Waals surface area contributed by atoms with E-state index in [0.29, 0.717) is 12.8 Å². The molecule has 0 radical (unpaired) electrons. The van der Waals surface area contributed by atoms with Gasteiger partial charge in [-0.05, 0) is 51.4 Å². The van der Waals surface area contributed by atoms with E-state index in [2.05, 4.69) is 62.5 Å². The molecule has 0 saturated carbocycles. The number of unbranched alkanes of at least 4 members (excludes halogenated alkanes) is 12. The zero-order chi connectivity index (χ0) is 39.9. The molecule has 54 heavy (non-hydrogen) atoms. The van der Waals surface area contributed by atoms with Crippen LogP contribution in [0.25, 0.3) is 0 Å². The highest BCUT2D eigenvalue weighted by atomic mass is 32.2. The van der Waals surface area contributed by atoms with E-state index in [1.165, 1.54) is 44.9 Å². The van der Waals surface area contributed by atoms with Crippen LogP contribution in [0.3, 0.4) is 0 Å². The van der Waals surface area contributed by atoms with E-state index in [1.807, 2.05) is 0 Å². The van der Waals surface area contributed by atoms with Crippen molar-refractivity contribution in [2.24, 2.45) is 0 Å². The third-order valence-corrected chi connectivity index (χ3v) is 9.67. The minimum atomic E-state index is -4.60. The molecule has 312 valence electrons. The predicted molar refractivity (Wildman–Crippen MR) is 210 cm³/mol. The third kappa shape index (κ3) is 26.4. The van der Waals surface area contributed by atoms with E-state index < -0.39 is 71.2 Å². The largest absolute Gasteiger partial charge is 0.462 e. The second kappa shape index (κ2) is 31.8. The molecular weight excluding hydrogens is 717 g/mol. The van der Waals surface area contributed by atoms with E-state index in [1.54, 1.807) is 0 Å². The van der Waals surface area contributed by atoms with Crippen LogP contribution >= 0.6 is 0 Å². The Labute approximate surface area is 324 Å². The van der Waals surface area contributed by atoms with Crippen molar-refractivity contribution in [1.29, 1.82) is 0 Å². The smallest absolute Gasteiger partial charge is 0.306 e. The standard InChI is InChI=1S/C41H70O12S/c1-3-5-7-9-11-13-15-16-17-18-20-22-24-26-28-30-37(43)52-34(31-50-36(42)29-27-25-23-21-19-14-12-10-8-6-4-2)32-51-41-40(46)39(45)38(44)35(53-41)33-54(47,48)49/h5,7,11,13,16-17,20,22,34-35,38-41,44-46H,3-4,6,8-10,12,14-15,18-19,21,23-33H2,1-2H3,(H,47,48,49)/b7-5-,13-11-,17-16-,22-20-. The van der Waals surface area contributed by atoms with Crippen LogP contribution in [0.1, 0.15) is 142 Å². The number of esters is 2. The zero-order valence-electron chi connectivity index (χ0n) is 32.8. The Bertz CT molecular complexity index is 1200. The average molecular weight is 787 g/mol. The molecule has 0 aromatic heterocycles. The summed E-state index contributed by atoms with van der Waals surface area (Å²) in [6.45, 7) is 3.57. The first kappa shape index (κ1) is 49.6. The van der Waals surface area contributed by atoms with Crippen molar-refractivity contribution in [1.82, 2.24) is 0 Å². The summed E-state index contributed by atoms with van der Waals surface area (Å²) < 4.78 is 53.8. The molecule has 12 nitrogen and oxygen atoms in total. The van der Waals surface area contributed by atoms with Crippen LogP contribution < -0.4 is 0 Å². The van der Waals surface area contributed by atoms with E-state index >= 15 is 0 Å². The van der Waals surface area contributed by atoms with Crippen molar-refractivity contribution in [3.8, 4) is 0 Å². The fraction of sp³-hybridized carbons (Fsp3) is 0.756. The highest BCUT2D eigenvalue weighted by Crippen LogP contribution is 2.24. The van der Waals surface area contributed by atoms with Crippen LogP contribution in [-0.4, -0.2) is 96.0 Å². The number of carbonyl (C=O) groups excluding carboxylic acids is 2. The van der Waals surface area contributed by atoms with E-state index in [9.17, 15) is 37.9 Å². The Hall–Kier alpha value is -2.39. The van der Waals surface area contributed by atoms with Gasteiger partial charge in [0.05, 0.1) is 6.61 Å². The summed E-state index contributed by atoms with van der Waals surface area (Å²) in [6.07, 6.45) is 26.0. The molecule has 1 aliphatic heterocycles. The van der Waals surface area contributed by atoms with Crippen LogP contribution in [-0.2, 0) is 38.7 Å². The lowest BCUT2D eigenvalue weighted by molar-refractivity contribution is -0.297. The third-order valence-electron chi connectivity index (χ3n) is 8.92. The molecule has 0 aliphatic carbocycles. The van der Waals surface area contributed by atoms with Crippen molar-refractivity contribution in [2.45, 2.75) is 179 Å². The molecule has 1 rings (SSSR count). The first-order chi connectivity index (χ1) is 26.0. The highest BCUT2D eigenvalue weighted by molar-refractivity contribution is 7.85. The van der Waals surface area contributed by atoms with Crippen molar-refractivity contribution in [2.75, 3.05) is 19.0 Å². The number of rotatable bonds is 32. The number of hydrogen-bond donors (Lipinski definition) is 4. The van der Waals surface area contributed by atoms with Gasteiger partial charge in [-0.3, -0.25) is 14.1 Å². The van der Waals surface area contributed by atoms with Gasteiger partial charge in [-0.25, -0.2) is 0 Å². The molecule has 1 saturated heterocycles. The molecule has 0 amide bonds. The monoisotopic (exact) mass is 786 g/mol. The van der Waals surface area contributed by atoms with Crippen molar-refractivity contribution >= 4 is 22.1 Å². The Morgan fingerprint density at radius 3 is 1.74 bits per heavy atom. The lowest BCUT2D eigenvalue weighted by Crippen LogP contribution is -2.60. The summed E-state index contributed by atoms with van der Waals surface area (Å²) in [5, 5.41) is 30.8. The number of aliphatic hydroxyl groups excluding tert-OH is 3. The molecule has 0 aromatic carbocycles. The maximum Gasteiger partial charge on any atom is 0.306 e. The predicted octanol–water partition coefficient (Wildman–Crippen LogP) is 7.22. The maximum atomic E-state index is 12.7. The van der Waals surface area contributed by atoms with Gasteiger partial charge in [-0.15, -0.1) is 0 Å². The first-order valence-electron chi connectivity index (χ1n) is 20.2. The minimum absolute atomic E-state index is 0.112. The normalized spacial score (nSPS) is 21.5. The van der Waals surface area contributed by atoms with Crippen LogP contribution in [0.4, 0.5) is 0 Å². The van der Waals surface area contributed by atoms with Gasteiger partial charge in [0.15, 0.2) is 12.4 Å². The molecule has 0 spiro atoms. The van der Waals surface area contributed by atoms with Crippen molar-refractivity contribution in [3.05, 3.63) is 48.6 Å². The maximum absolute atomic E-state index is 12.7. The number of aliphatic hydroxyl groups is 3. The molecular formula is C41H70O12S. The van der Waals surface area contributed by atoms with E-state index in [0.717, 1.165) is 57.8 Å². The SMILES string of the molecule is CC/C=C\C/C=C\C/C=C\C/C=C\CCCCC(=O)OC(COC(=O)CCCCCCCCCCCCC)COC1OC(CS(=O)(=O)O)C(O)C(O)C1O. The molecule has 4 N–H and O–H groups in total. The van der Waals surface area contributed by atoms with Crippen LogP contribution in [0.2, 0.25) is 0 Å². The highest BCUT2D eigenvalue weighted by Gasteiger charge is 2.46. The molecule has 1 heterocycles. The van der Waals surface area contributed by atoms with Gasteiger partial charge in [0, 0.05) is 12.8 Å². The topological polar surface area (TPSA) is 186 Å². The van der Waals surface area contributed by atoms with Gasteiger partial charge in [0.25, 0.3) is 10.1 Å². The second-order valence-electron chi connectivity index (χ2n) is 13.9. The lowest BCUT2D eigenvalue weighted by atomic mass is 10.00. The van der Waals surface area contributed by atoms with Gasteiger partial charge >= 0.3 is 11.9 Å². The number of ether oxygens (including phenoxy) is 4. The Balaban J connectivity index is 2.55. The fourth-order valence-electron chi connectivity index (χ4n) is 5.78. The van der Waals surface area contributed by atoms with Crippen molar-refractivity contribution < 1.29 is 56.8 Å². The van der Waals surface area contributed by atoms with Crippen LogP contribution in [0, 0.1) is 0 Å². The molecule has 6 atom stereocenters. The minimum Gasteiger partial charge on any atom is -0.462 e.